The van der Waals surface area contributed by atoms with E-state index in [0.29, 0.717) is 0 Å². The van der Waals surface area contributed by atoms with Crippen molar-refractivity contribution in [3.8, 4) is 11.5 Å². The predicted octanol–water partition coefficient (Wildman–Crippen LogP) is 2.01. The van der Waals surface area contributed by atoms with Crippen molar-refractivity contribution >= 4 is 5.97 Å². The van der Waals surface area contributed by atoms with Crippen LogP contribution in [0.4, 0.5) is 0 Å². The molecule has 3 rings (SSSR count). The molecule has 1 aromatic carbocycles. The minimum atomic E-state index is -0.655. The second kappa shape index (κ2) is 5.71. The third-order valence-electron chi connectivity index (χ3n) is 4.15. The van der Waals surface area contributed by atoms with Gasteiger partial charge in [-0.2, -0.15) is 0 Å². The summed E-state index contributed by atoms with van der Waals surface area (Å²) in [7, 11) is 0. The maximum atomic E-state index is 11.1. The number of ether oxygens (including phenoxy) is 2. The maximum absolute atomic E-state index is 11.1. The Labute approximate surface area is 117 Å². The highest BCUT2D eigenvalue weighted by Crippen LogP contribution is 2.33. The lowest BCUT2D eigenvalue weighted by Crippen LogP contribution is -2.28. The van der Waals surface area contributed by atoms with Crippen molar-refractivity contribution in [1.29, 1.82) is 0 Å². The van der Waals surface area contributed by atoms with Crippen LogP contribution in [0.1, 0.15) is 24.8 Å². The fourth-order valence-corrected chi connectivity index (χ4v) is 3.06. The molecule has 0 saturated heterocycles. The topological polar surface area (TPSA) is 67.8 Å². The molecule has 0 bridgehead atoms. The molecule has 1 aliphatic carbocycles. The molecule has 2 unspecified atom stereocenters. The van der Waals surface area contributed by atoms with Crippen LogP contribution in [0.15, 0.2) is 18.2 Å². The lowest BCUT2D eigenvalue weighted by molar-refractivity contribution is -0.142. The molecule has 1 fully saturated rings. The van der Waals surface area contributed by atoms with Gasteiger partial charge in [-0.3, -0.25) is 4.79 Å². The van der Waals surface area contributed by atoms with Gasteiger partial charge in [0, 0.05) is 6.54 Å². The summed E-state index contributed by atoms with van der Waals surface area (Å²) in [4.78, 5) is 11.1. The molecule has 5 heteroatoms. The van der Waals surface area contributed by atoms with E-state index in [-0.39, 0.29) is 18.6 Å². The first kappa shape index (κ1) is 13.2. The largest absolute Gasteiger partial charge is 0.481 e. The van der Waals surface area contributed by atoms with Gasteiger partial charge >= 0.3 is 5.97 Å². The first-order valence-electron chi connectivity index (χ1n) is 7.06. The molecule has 1 aromatic rings. The van der Waals surface area contributed by atoms with E-state index >= 15 is 0 Å². The number of fused-ring (bicyclic) bond motifs is 1. The summed E-state index contributed by atoms with van der Waals surface area (Å²) in [5, 5.41) is 12.5. The Kier molecular flexibility index (Phi) is 3.78. The Morgan fingerprint density at radius 1 is 1.30 bits per heavy atom. The van der Waals surface area contributed by atoms with Crippen molar-refractivity contribution in [3.63, 3.8) is 0 Å². The Hall–Kier alpha value is -1.75. The number of aliphatic carboxylic acids is 1. The second-order valence-corrected chi connectivity index (χ2v) is 5.45. The molecule has 0 radical (unpaired) electrons. The van der Waals surface area contributed by atoms with Crippen LogP contribution in [-0.2, 0) is 11.3 Å². The van der Waals surface area contributed by atoms with Crippen LogP contribution in [0.5, 0.6) is 11.5 Å². The SMILES string of the molecule is O=C(O)C1CCCC1CNCc1ccc2c(c1)OCO2. The number of hydrogen-bond acceptors (Lipinski definition) is 4. The molecule has 2 N–H and O–H groups in total. The molecule has 5 nitrogen and oxygen atoms in total. The molecule has 1 heterocycles. The molecule has 2 atom stereocenters. The number of nitrogens with one attached hydrogen (secondary N) is 1. The number of carboxylic acids is 1. The summed E-state index contributed by atoms with van der Waals surface area (Å²) in [5.74, 6) is 0.988. The maximum Gasteiger partial charge on any atom is 0.306 e. The zero-order valence-electron chi connectivity index (χ0n) is 11.3. The summed E-state index contributed by atoms with van der Waals surface area (Å²) in [5.41, 5.74) is 1.12. The van der Waals surface area contributed by atoms with Crippen LogP contribution in [0.3, 0.4) is 0 Å². The molecule has 108 valence electrons. The highest BCUT2D eigenvalue weighted by atomic mass is 16.7. The van der Waals surface area contributed by atoms with Crippen LogP contribution in [0, 0.1) is 11.8 Å². The lowest BCUT2D eigenvalue weighted by atomic mass is 9.96. The minimum absolute atomic E-state index is 0.181. The lowest BCUT2D eigenvalue weighted by Gasteiger charge is -2.16. The quantitative estimate of drug-likeness (QED) is 0.861. The van der Waals surface area contributed by atoms with Crippen LogP contribution in [-0.4, -0.2) is 24.4 Å². The highest BCUT2D eigenvalue weighted by Gasteiger charge is 2.32. The molecule has 1 saturated carbocycles. The third-order valence-corrected chi connectivity index (χ3v) is 4.15. The van der Waals surface area contributed by atoms with Gasteiger partial charge in [-0.1, -0.05) is 12.5 Å². The first-order valence-corrected chi connectivity index (χ1v) is 7.06. The van der Waals surface area contributed by atoms with Gasteiger partial charge in [0.25, 0.3) is 0 Å². The van der Waals surface area contributed by atoms with Crippen molar-refractivity contribution in [3.05, 3.63) is 23.8 Å². The molecule has 0 spiro atoms. The van der Waals surface area contributed by atoms with Gasteiger partial charge < -0.3 is 19.9 Å². The van der Waals surface area contributed by atoms with Gasteiger partial charge in [-0.25, -0.2) is 0 Å². The van der Waals surface area contributed by atoms with E-state index in [0.717, 1.165) is 49.4 Å². The van der Waals surface area contributed by atoms with Gasteiger partial charge in [-0.05, 0) is 43.0 Å². The number of benzene rings is 1. The molecular formula is C15H19NO4. The van der Waals surface area contributed by atoms with Crippen LogP contribution in [0.25, 0.3) is 0 Å². The fraction of sp³-hybridized carbons (Fsp3) is 0.533. The van der Waals surface area contributed by atoms with Crippen LogP contribution >= 0.6 is 0 Å². The van der Waals surface area contributed by atoms with Gasteiger partial charge in [-0.15, -0.1) is 0 Å². The van der Waals surface area contributed by atoms with Crippen molar-refractivity contribution in [2.45, 2.75) is 25.8 Å². The standard InChI is InChI=1S/C15H19NO4/c17-15(18)12-3-1-2-11(12)8-16-7-10-4-5-13-14(6-10)20-9-19-13/h4-6,11-12,16H,1-3,7-9H2,(H,17,18). The van der Waals surface area contributed by atoms with E-state index in [9.17, 15) is 4.79 Å². The van der Waals surface area contributed by atoms with E-state index in [4.69, 9.17) is 14.6 Å². The van der Waals surface area contributed by atoms with Crippen molar-refractivity contribution < 1.29 is 19.4 Å². The van der Waals surface area contributed by atoms with Gasteiger partial charge in [0.2, 0.25) is 6.79 Å². The second-order valence-electron chi connectivity index (χ2n) is 5.45. The summed E-state index contributed by atoms with van der Waals surface area (Å²) >= 11 is 0. The van der Waals surface area contributed by atoms with Crippen LogP contribution < -0.4 is 14.8 Å². The van der Waals surface area contributed by atoms with Crippen molar-refractivity contribution in [2.24, 2.45) is 11.8 Å². The van der Waals surface area contributed by atoms with E-state index in [1.807, 2.05) is 18.2 Å². The average Bonchev–Trinajstić information content (AvgIpc) is 3.06. The predicted molar refractivity (Wildman–Crippen MR) is 72.7 cm³/mol. The van der Waals surface area contributed by atoms with E-state index in [1.54, 1.807) is 0 Å². The highest BCUT2D eigenvalue weighted by molar-refractivity contribution is 5.70. The fourth-order valence-electron chi connectivity index (χ4n) is 3.06. The van der Waals surface area contributed by atoms with Crippen LogP contribution in [0.2, 0.25) is 0 Å². The van der Waals surface area contributed by atoms with Gasteiger partial charge in [0.1, 0.15) is 0 Å². The minimum Gasteiger partial charge on any atom is -0.481 e. The van der Waals surface area contributed by atoms with E-state index < -0.39 is 5.97 Å². The van der Waals surface area contributed by atoms with Gasteiger partial charge in [0.15, 0.2) is 11.5 Å². The van der Waals surface area contributed by atoms with Crippen molar-refractivity contribution in [2.75, 3.05) is 13.3 Å². The normalized spacial score (nSPS) is 24.0. The summed E-state index contributed by atoms with van der Waals surface area (Å²) < 4.78 is 10.6. The number of carboxylic acid groups (broad SMARTS) is 1. The molecule has 0 amide bonds. The number of carbonyl (C=O) groups is 1. The Balaban J connectivity index is 1.51. The Morgan fingerprint density at radius 2 is 2.15 bits per heavy atom. The smallest absolute Gasteiger partial charge is 0.306 e. The number of rotatable bonds is 5. The Morgan fingerprint density at radius 3 is 3.00 bits per heavy atom. The summed E-state index contributed by atoms with van der Waals surface area (Å²) in [6.07, 6.45) is 2.84. The molecular weight excluding hydrogens is 258 g/mol. The summed E-state index contributed by atoms with van der Waals surface area (Å²) in [6, 6.07) is 5.89. The first-order chi connectivity index (χ1) is 9.74. The zero-order valence-corrected chi connectivity index (χ0v) is 11.3. The zero-order chi connectivity index (χ0) is 13.9. The molecule has 0 aromatic heterocycles. The van der Waals surface area contributed by atoms with E-state index in [1.165, 1.54) is 0 Å². The van der Waals surface area contributed by atoms with Crippen molar-refractivity contribution in [1.82, 2.24) is 5.32 Å². The van der Waals surface area contributed by atoms with E-state index in [2.05, 4.69) is 5.32 Å². The molecule has 20 heavy (non-hydrogen) atoms. The van der Waals surface area contributed by atoms with Gasteiger partial charge in [0.05, 0.1) is 5.92 Å². The third kappa shape index (κ3) is 2.72. The monoisotopic (exact) mass is 277 g/mol. The molecule has 1 aliphatic heterocycles. The summed E-state index contributed by atoms with van der Waals surface area (Å²) in [6.45, 7) is 1.76. The number of hydrogen-bond donors (Lipinski definition) is 2. The average molecular weight is 277 g/mol. The Bertz CT molecular complexity index is 503. The molecule has 2 aliphatic rings.